The van der Waals surface area contributed by atoms with Crippen LogP contribution >= 0.6 is 0 Å². The van der Waals surface area contributed by atoms with Gasteiger partial charge in [0.15, 0.2) is 11.6 Å². The number of nitrogens with one attached hydrogen (secondary N) is 1. The fourth-order valence-corrected chi connectivity index (χ4v) is 4.85. The highest BCUT2D eigenvalue weighted by Crippen LogP contribution is 2.34. The number of allylic oxidation sites excluding steroid dienone is 2. The van der Waals surface area contributed by atoms with Crippen molar-refractivity contribution in [1.29, 1.82) is 0 Å². The summed E-state index contributed by atoms with van der Waals surface area (Å²) in [5, 5.41) is 4.52. The number of benzene rings is 2. The molecule has 40 heavy (non-hydrogen) atoms. The minimum absolute atomic E-state index is 0.0421. The van der Waals surface area contributed by atoms with Gasteiger partial charge in [0, 0.05) is 53.0 Å². The standard InChI is InChI=1S/C27H30N2O2.C7H13NO/c1-5-7-25(30)20-9-11-21(12-10-20)28-19(4)22-16-24(26-8-6-13-31-26)29-27-18(3)14-17(2)15-23(22)27;1-3-4-7(9)5-6(2)8/h9-12,14-16,26,28H,4-8,13H2,1-3H3;5H,3-4,8H2,1-2H3/b;6-5-. The molecule has 0 saturated carbocycles. The molecule has 1 fully saturated rings. The predicted octanol–water partition coefficient (Wildman–Crippen LogP) is 7.99. The maximum atomic E-state index is 12.1. The van der Waals surface area contributed by atoms with Crippen molar-refractivity contribution >= 4 is 33.9 Å². The van der Waals surface area contributed by atoms with Crippen LogP contribution in [0.15, 0.2) is 60.8 Å². The zero-order chi connectivity index (χ0) is 29.2. The molecule has 0 amide bonds. The fourth-order valence-electron chi connectivity index (χ4n) is 4.85. The van der Waals surface area contributed by atoms with E-state index < -0.39 is 0 Å². The Bertz CT molecular complexity index is 1380. The van der Waals surface area contributed by atoms with Crippen LogP contribution in [0, 0.1) is 13.8 Å². The molecule has 2 heterocycles. The summed E-state index contributed by atoms with van der Waals surface area (Å²) in [6.07, 6.45) is 6.51. The van der Waals surface area contributed by atoms with Gasteiger partial charge in [-0.15, -0.1) is 0 Å². The van der Waals surface area contributed by atoms with Crippen LogP contribution in [0.2, 0.25) is 0 Å². The molecular weight excluding hydrogens is 498 g/mol. The number of hydrogen-bond donors (Lipinski definition) is 2. The number of hydrogen-bond acceptors (Lipinski definition) is 6. The molecule has 3 N–H and O–H groups in total. The first-order valence-electron chi connectivity index (χ1n) is 14.2. The summed E-state index contributed by atoms with van der Waals surface area (Å²) in [6.45, 7) is 15.0. The summed E-state index contributed by atoms with van der Waals surface area (Å²) < 4.78 is 5.92. The van der Waals surface area contributed by atoms with Crippen LogP contribution in [0.4, 0.5) is 5.69 Å². The van der Waals surface area contributed by atoms with E-state index in [-0.39, 0.29) is 17.7 Å². The Morgan fingerprint density at radius 1 is 1.10 bits per heavy atom. The average Bonchev–Trinajstić information content (AvgIpc) is 3.44. The van der Waals surface area contributed by atoms with E-state index in [1.54, 1.807) is 6.92 Å². The maximum absolute atomic E-state index is 12.1. The smallest absolute Gasteiger partial charge is 0.162 e. The molecular formula is C34H43N3O3. The lowest BCUT2D eigenvalue weighted by molar-refractivity contribution is -0.114. The number of nitrogens with zero attached hydrogens (tertiary/aromatic N) is 1. The van der Waals surface area contributed by atoms with E-state index in [0.717, 1.165) is 77.0 Å². The monoisotopic (exact) mass is 541 g/mol. The number of anilines is 1. The lowest BCUT2D eigenvalue weighted by Crippen LogP contribution is -2.06. The molecule has 6 heteroatoms. The van der Waals surface area contributed by atoms with E-state index in [2.05, 4.69) is 43.9 Å². The van der Waals surface area contributed by atoms with Crippen molar-refractivity contribution in [3.05, 3.63) is 88.8 Å². The number of rotatable bonds is 10. The quantitative estimate of drug-likeness (QED) is 0.200. The van der Waals surface area contributed by atoms with Crippen molar-refractivity contribution in [1.82, 2.24) is 4.98 Å². The van der Waals surface area contributed by atoms with Crippen LogP contribution in [0.1, 0.15) is 98.1 Å². The minimum Gasteiger partial charge on any atom is -0.402 e. The molecule has 1 aliphatic rings. The molecule has 1 aromatic heterocycles. The Labute approximate surface area is 238 Å². The van der Waals surface area contributed by atoms with Gasteiger partial charge in [0.05, 0.1) is 17.3 Å². The van der Waals surface area contributed by atoms with E-state index in [9.17, 15) is 9.59 Å². The number of nitrogens with two attached hydrogens (primary N) is 1. The molecule has 1 aliphatic heterocycles. The summed E-state index contributed by atoms with van der Waals surface area (Å²) in [5.41, 5.74) is 13.7. The van der Waals surface area contributed by atoms with Gasteiger partial charge in [-0.05, 0) is 94.5 Å². The van der Waals surface area contributed by atoms with E-state index in [1.165, 1.54) is 11.6 Å². The van der Waals surface area contributed by atoms with Gasteiger partial charge in [-0.2, -0.15) is 0 Å². The average molecular weight is 542 g/mol. The van der Waals surface area contributed by atoms with Gasteiger partial charge < -0.3 is 15.8 Å². The summed E-state index contributed by atoms with van der Waals surface area (Å²) in [4.78, 5) is 27.8. The molecule has 1 atom stereocenters. The van der Waals surface area contributed by atoms with E-state index in [0.29, 0.717) is 18.5 Å². The van der Waals surface area contributed by atoms with Gasteiger partial charge >= 0.3 is 0 Å². The number of carbonyl (C=O) groups is 2. The second-order valence-electron chi connectivity index (χ2n) is 10.5. The van der Waals surface area contributed by atoms with Crippen LogP contribution in [-0.2, 0) is 9.53 Å². The normalized spacial score (nSPS) is 14.9. The Hall–Kier alpha value is -3.77. The second-order valence-corrected chi connectivity index (χ2v) is 10.5. The summed E-state index contributed by atoms with van der Waals surface area (Å²) in [5.74, 6) is 0.303. The lowest BCUT2D eigenvalue weighted by Gasteiger charge is -2.18. The van der Waals surface area contributed by atoms with Gasteiger partial charge in [0.2, 0.25) is 0 Å². The molecule has 1 saturated heterocycles. The molecule has 6 nitrogen and oxygen atoms in total. The molecule has 0 spiro atoms. The van der Waals surface area contributed by atoms with Crippen LogP contribution < -0.4 is 11.1 Å². The predicted molar refractivity (Wildman–Crippen MR) is 165 cm³/mol. The van der Waals surface area contributed by atoms with Crippen molar-refractivity contribution in [2.24, 2.45) is 5.73 Å². The zero-order valence-electron chi connectivity index (χ0n) is 24.6. The van der Waals surface area contributed by atoms with Gasteiger partial charge in [-0.25, -0.2) is 4.98 Å². The Kier molecular flexibility index (Phi) is 11.2. The number of ketones is 2. The largest absolute Gasteiger partial charge is 0.402 e. The molecule has 0 aliphatic carbocycles. The van der Waals surface area contributed by atoms with Gasteiger partial charge in [-0.1, -0.05) is 32.1 Å². The first-order valence-corrected chi connectivity index (χ1v) is 14.2. The molecule has 0 bridgehead atoms. The fraction of sp³-hybridized carbons (Fsp3) is 0.382. The van der Waals surface area contributed by atoms with Crippen molar-refractivity contribution in [2.75, 3.05) is 11.9 Å². The Morgan fingerprint density at radius 2 is 1.80 bits per heavy atom. The summed E-state index contributed by atoms with van der Waals surface area (Å²) in [6, 6.07) is 14.1. The third-order valence-corrected chi connectivity index (χ3v) is 6.72. The minimum atomic E-state index is 0.0421. The third kappa shape index (κ3) is 8.36. The van der Waals surface area contributed by atoms with Gasteiger partial charge in [0.25, 0.3) is 0 Å². The number of carbonyl (C=O) groups excluding carboxylic acids is 2. The highest BCUT2D eigenvalue weighted by atomic mass is 16.5. The van der Waals surface area contributed by atoms with E-state index in [1.807, 2.05) is 38.1 Å². The van der Waals surface area contributed by atoms with Crippen LogP contribution in [0.25, 0.3) is 16.6 Å². The van der Waals surface area contributed by atoms with Gasteiger partial charge in [-0.3, -0.25) is 9.59 Å². The second kappa shape index (κ2) is 14.6. The molecule has 1 unspecified atom stereocenters. The molecule has 2 aromatic carbocycles. The molecule has 212 valence electrons. The number of pyridine rings is 1. The maximum Gasteiger partial charge on any atom is 0.162 e. The van der Waals surface area contributed by atoms with Crippen molar-refractivity contribution < 1.29 is 14.3 Å². The van der Waals surface area contributed by atoms with Gasteiger partial charge in [0.1, 0.15) is 0 Å². The van der Waals surface area contributed by atoms with Crippen LogP contribution in [0.3, 0.4) is 0 Å². The first kappa shape index (κ1) is 30.8. The van der Waals surface area contributed by atoms with E-state index >= 15 is 0 Å². The number of Topliss-reactive ketones (excluding diaryl/α,β-unsaturated/α-hetero) is 1. The Balaban J connectivity index is 0.000000424. The number of fused-ring (bicyclic) bond motifs is 1. The van der Waals surface area contributed by atoms with E-state index in [4.69, 9.17) is 15.5 Å². The number of ether oxygens (including phenoxy) is 1. The SMILES string of the molecule is C=C(Nc1ccc(C(=O)CCC)cc1)c1cc(C2CCCO2)nc2c(C)cc(C)cc12.CCCC(=O)/C=C(/C)N. The highest BCUT2D eigenvalue weighted by Gasteiger charge is 2.22. The first-order chi connectivity index (χ1) is 19.1. The number of aryl methyl sites for hydroxylation is 2. The molecule has 4 rings (SSSR count). The lowest BCUT2D eigenvalue weighted by atomic mass is 9.98. The van der Waals surface area contributed by atoms with Crippen LogP contribution in [-0.4, -0.2) is 23.2 Å². The molecule has 0 radical (unpaired) electrons. The topological polar surface area (TPSA) is 94.3 Å². The summed E-state index contributed by atoms with van der Waals surface area (Å²) in [7, 11) is 0. The van der Waals surface area contributed by atoms with Crippen molar-refractivity contribution in [3.63, 3.8) is 0 Å². The number of aromatic nitrogens is 1. The summed E-state index contributed by atoms with van der Waals surface area (Å²) >= 11 is 0. The zero-order valence-corrected chi connectivity index (χ0v) is 24.6. The van der Waals surface area contributed by atoms with Crippen molar-refractivity contribution in [2.45, 2.75) is 79.2 Å². The third-order valence-electron chi connectivity index (χ3n) is 6.72. The Morgan fingerprint density at radius 3 is 2.40 bits per heavy atom. The highest BCUT2D eigenvalue weighted by molar-refractivity contribution is 5.98. The molecule has 3 aromatic rings. The van der Waals surface area contributed by atoms with Crippen molar-refractivity contribution in [3.8, 4) is 0 Å². The van der Waals surface area contributed by atoms with Crippen LogP contribution in [0.5, 0.6) is 0 Å².